The van der Waals surface area contributed by atoms with Crippen molar-refractivity contribution in [2.24, 2.45) is 4.99 Å². The first kappa shape index (κ1) is 15.9. The molecule has 3 nitrogen and oxygen atoms in total. The summed E-state index contributed by atoms with van der Waals surface area (Å²) in [5.74, 6) is -0.367. The third-order valence-electron chi connectivity index (χ3n) is 3.22. The Morgan fingerprint density at radius 3 is 2.55 bits per heavy atom. The minimum absolute atomic E-state index is 0.164. The quantitative estimate of drug-likeness (QED) is 0.672. The number of hydrogen-bond acceptors (Lipinski definition) is 1. The fraction of sp³-hybridized carbons (Fsp3) is 0.235. The molecular weight excluding hydrogens is 284 g/mol. The summed E-state index contributed by atoms with van der Waals surface area (Å²) in [5.41, 5.74) is 2.57. The van der Waals surface area contributed by atoms with E-state index in [1.54, 1.807) is 7.05 Å². The van der Waals surface area contributed by atoms with Crippen molar-refractivity contribution in [2.45, 2.75) is 20.0 Å². The lowest BCUT2D eigenvalue weighted by molar-refractivity contribution is 0.581. The van der Waals surface area contributed by atoms with Crippen LogP contribution >= 0.6 is 0 Å². The third kappa shape index (κ3) is 4.55. The zero-order chi connectivity index (χ0) is 15.9. The van der Waals surface area contributed by atoms with E-state index in [0.717, 1.165) is 17.7 Å². The summed E-state index contributed by atoms with van der Waals surface area (Å²) in [6.07, 6.45) is 0. The monoisotopic (exact) mass is 303 g/mol. The molecule has 0 heterocycles. The van der Waals surface area contributed by atoms with Crippen molar-refractivity contribution in [3.05, 3.63) is 70.8 Å². The zero-order valence-electron chi connectivity index (χ0n) is 12.7. The second kappa shape index (κ2) is 7.54. The molecule has 0 atom stereocenters. The Kier molecular flexibility index (Phi) is 5.47. The molecule has 22 heavy (non-hydrogen) atoms. The molecule has 0 aliphatic heterocycles. The predicted octanol–water partition coefficient (Wildman–Crippen LogP) is 3.14. The van der Waals surface area contributed by atoms with Crippen molar-refractivity contribution in [1.82, 2.24) is 10.6 Å². The first-order valence-corrected chi connectivity index (χ1v) is 7.02. The molecule has 0 bridgehead atoms. The highest BCUT2D eigenvalue weighted by Crippen LogP contribution is 2.09. The molecule has 0 amide bonds. The van der Waals surface area contributed by atoms with Crippen LogP contribution in [0.1, 0.15) is 16.7 Å². The summed E-state index contributed by atoms with van der Waals surface area (Å²) in [6, 6.07) is 11.5. The lowest BCUT2D eigenvalue weighted by atomic mass is 10.1. The van der Waals surface area contributed by atoms with Gasteiger partial charge >= 0.3 is 0 Å². The fourth-order valence-corrected chi connectivity index (χ4v) is 2.09. The summed E-state index contributed by atoms with van der Waals surface area (Å²) in [4.78, 5) is 4.07. The van der Waals surface area contributed by atoms with Crippen molar-refractivity contribution in [2.75, 3.05) is 7.05 Å². The Hall–Kier alpha value is -2.43. The Balaban J connectivity index is 1.91. The summed E-state index contributed by atoms with van der Waals surface area (Å²) < 4.78 is 26.7. The number of halogens is 2. The molecule has 5 heteroatoms. The minimum atomic E-state index is -0.457. The van der Waals surface area contributed by atoms with Gasteiger partial charge < -0.3 is 10.6 Å². The smallest absolute Gasteiger partial charge is 0.191 e. The highest BCUT2D eigenvalue weighted by Gasteiger charge is 2.05. The molecule has 0 saturated heterocycles. The molecule has 2 aromatic carbocycles. The largest absolute Gasteiger partial charge is 0.352 e. The summed E-state index contributed by atoms with van der Waals surface area (Å²) in [6.45, 7) is 2.80. The average molecular weight is 303 g/mol. The van der Waals surface area contributed by atoms with Crippen LogP contribution in [-0.4, -0.2) is 13.0 Å². The molecule has 0 aromatic heterocycles. The Labute approximate surface area is 129 Å². The zero-order valence-corrected chi connectivity index (χ0v) is 12.7. The van der Waals surface area contributed by atoms with Crippen molar-refractivity contribution in [1.29, 1.82) is 0 Å². The van der Waals surface area contributed by atoms with Crippen molar-refractivity contribution < 1.29 is 8.78 Å². The normalized spacial score (nSPS) is 11.4. The van der Waals surface area contributed by atoms with Gasteiger partial charge in [0.1, 0.15) is 11.6 Å². The van der Waals surface area contributed by atoms with Crippen LogP contribution in [0.3, 0.4) is 0 Å². The van der Waals surface area contributed by atoms with Gasteiger partial charge in [0, 0.05) is 25.7 Å². The van der Waals surface area contributed by atoms with Gasteiger partial charge in [0.25, 0.3) is 0 Å². The standard InChI is InChI=1S/C17H19F2N3/c1-12-4-3-5-13(8-12)10-21-17(20-2)22-11-14-9-15(18)6-7-16(14)19/h3-9H,10-11H2,1-2H3,(H2,20,21,22). The van der Waals surface area contributed by atoms with Crippen molar-refractivity contribution >= 4 is 5.96 Å². The molecule has 0 radical (unpaired) electrons. The highest BCUT2D eigenvalue weighted by atomic mass is 19.1. The van der Waals surface area contributed by atoms with E-state index in [2.05, 4.69) is 21.7 Å². The number of benzene rings is 2. The molecular formula is C17H19F2N3. The van der Waals surface area contributed by atoms with Gasteiger partial charge in [-0.2, -0.15) is 0 Å². The first-order chi connectivity index (χ1) is 10.6. The minimum Gasteiger partial charge on any atom is -0.352 e. The van der Waals surface area contributed by atoms with Crippen LogP contribution in [0, 0.1) is 18.6 Å². The molecule has 2 aromatic rings. The number of guanidine groups is 1. The summed E-state index contributed by atoms with van der Waals surface area (Å²) in [7, 11) is 1.63. The maximum Gasteiger partial charge on any atom is 0.191 e. The number of nitrogens with one attached hydrogen (secondary N) is 2. The molecule has 0 unspecified atom stereocenters. The van der Waals surface area contributed by atoms with Gasteiger partial charge in [-0.15, -0.1) is 0 Å². The third-order valence-corrected chi connectivity index (χ3v) is 3.22. The number of rotatable bonds is 4. The van der Waals surface area contributed by atoms with Crippen LogP contribution in [0.25, 0.3) is 0 Å². The summed E-state index contributed by atoms with van der Waals surface area (Å²) >= 11 is 0. The van der Waals surface area contributed by atoms with Gasteiger partial charge in [0.2, 0.25) is 0 Å². The molecule has 0 aliphatic carbocycles. The maximum atomic E-state index is 13.6. The molecule has 2 rings (SSSR count). The highest BCUT2D eigenvalue weighted by molar-refractivity contribution is 5.79. The molecule has 0 aliphatic rings. The van der Waals surface area contributed by atoms with Gasteiger partial charge in [-0.05, 0) is 30.7 Å². The lowest BCUT2D eigenvalue weighted by Gasteiger charge is -2.12. The van der Waals surface area contributed by atoms with Gasteiger partial charge in [0.05, 0.1) is 0 Å². The van der Waals surface area contributed by atoms with Crippen molar-refractivity contribution in [3.63, 3.8) is 0 Å². The SMILES string of the molecule is CN=C(NCc1cccc(C)c1)NCc1cc(F)ccc1F. The second-order valence-corrected chi connectivity index (χ2v) is 5.00. The van der Waals surface area contributed by atoms with Crippen molar-refractivity contribution in [3.8, 4) is 0 Å². The fourth-order valence-electron chi connectivity index (χ4n) is 2.09. The number of aryl methyl sites for hydroxylation is 1. The van der Waals surface area contributed by atoms with Crippen LogP contribution in [0.5, 0.6) is 0 Å². The van der Waals surface area contributed by atoms with Gasteiger partial charge in [-0.25, -0.2) is 8.78 Å². The Morgan fingerprint density at radius 2 is 1.82 bits per heavy atom. The lowest BCUT2D eigenvalue weighted by Crippen LogP contribution is -2.36. The maximum absolute atomic E-state index is 13.6. The van der Waals surface area contributed by atoms with Crippen LogP contribution in [0.15, 0.2) is 47.5 Å². The van der Waals surface area contributed by atoms with Crippen LogP contribution in [-0.2, 0) is 13.1 Å². The van der Waals surface area contributed by atoms with Gasteiger partial charge in [-0.3, -0.25) is 4.99 Å². The van der Waals surface area contributed by atoms with E-state index < -0.39 is 11.6 Å². The van der Waals surface area contributed by atoms with Crippen LogP contribution < -0.4 is 10.6 Å². The number of nitrogens with zero attached hydrogens (tertiary/aromatic N) is 1. The molecule has 2 N–H and O–H groups in total. The van der Waals surface area contributed by atoms with E-state index in [4.69, 9.17) is 0 Å². The van der Waals surface area contributed by atoms with Crippen LogP contribution in [0.4, 0.5) is 8.78 Å². The van der Waals surface area contributed by atoms with Gasteiger partial charge in [-0.1, -0.05) is 29.8 Å². The predicted molar refractivity (Wildman–Crippen MR) is 84.6 cm³/mol. The molecule has 0 fully saturated rings. The van der Waals surface area contributed by atoms with E-state index in [9.17, 15) is 8.78 Å². The first-order valence-electron chi connectivity index (χ1n) is 7.02. The molecule has 116 valence electrons. The topological polar surface area (TPSA) is 36.4 Å². The second-order valence-electron chi connectivity index (χ2n) is 5.00. The molecule has 0 spiro atoms. The van der Waals surface area contributed by atoms with E-state index in [-0.39, 0.29) is 12.1 Å². The van der Waals surface area contributed by atoms with E-state index in [1.165, 1.54) is 11.6 Å². The number of hydrogen-bond donors (Lipinski definition) is 2. The van der Waals surface area contributed by atoms with E-state index in [0.29, 0.717) is 12.5 Å². The molecule has 0 saturated carbocycles. The van der Waals surface area contributed by atoms with Crippen LogP contribution in [0.2, 0.25) is 0 Å². The Morgan fingerprint density at radius 1 is 1.05 bits per heavy atom. The summed E-state index contributed by atoms with van der Waals surface area (Å²) in [5, 5.41) is 6.11. The number of aliphatic imine (C=N–C) groups is 1. The van der Waals surface area contributed by atoms with Gasteiger partial charge in [0.15, 0.2) is 5.96 Å². The average Bonchev–Trinajstić information content (AvgIpc) is 2.51. The Bertz CT molecular complexity index is 669. The van der Waals surface area contributed by atoms with E-state index in [1.807, 2.05) is 25.1 Å². The van der Waals surface area contributed by atoms with E-state index >= 15 is 0 Å².